The Balaban J connectivity index is 0.00000529. The van der Waals surface area contributed by atoms with Crippen molar-refractivity contribution in [2.45, 2.75) is 39.7 Å². The molecule has 0 fully saturated rings. The van der Waals surface area contributed by atoms with Crippen LogP contribution in [0.15, 0.2) is 33.7 Å². The van der Waals surface area contributed by atoms with E-state index in [-0.39, 0.29) is 29.9 Å². The highest BCUT2D eigenvalue weighted by Crippen LogP contribution is 2.10. The van der Waals surface area contributed by atoms with Gasteiger partial charge in [-0.3, -0.25) is 9.79 Å². The van der Waals surface area contributed by atoms with E-state index < -0.39 is 0 Å². The molecular weight excluding hydrogens is 483 g/mol. The number of benzene rings is 1. The van der Waals surface area contributed by atoms with Crippen LogP contribution in [0.2, 0.25) is 0 Å². The Morgan fingerprint density at radius 3 is 2.46 bits per heavy atom. The minimum absolute atomic E-state index is 0. The third kappa shape index (κ3) is 9.46. The molecule has 24 heavy (non-hydrogen) atoms. The van der Waals surface area contributed by atoms with Crippen molar-refractivity contribution in [3.63, 3.8) is 0 Å². The summed E-state index contributed by atoms with van der Waals surface area (Å²) in [7, 11) is 0. The molecule has 0 heterocycles. The highest BCUT2D eigenvalue weighted by atomic mass is 127. The molecule has 1 atom stereocenters. The molecule has 1 amide bonds. The first-order valence-electron chi connectivity index (χ1n) is 8.15. The second-order valence-corrected chi connectivity index (χ2v) is 6.25. The third-order valence-electron chi connectivity index (χ3n) is 3.34. The number of nitrogens with zero attached hydrogens (tertiary/aromatic N) is 1. The molecule has 1 aromatic rings. The van der Waals surface area contributed by atoms with Crippen LogP contribution in [0.3, 0.4) is 0 Å². The second kappa shape index (κ2) is 13.5. The van der Waals surface area contributed by atoms with E-state index in [0.29, 0.717) is 24.7 Å². The Hall–Kier alpha value is -0.830. The van der Waals surface area contributed by atoms with Crippen molar-refractivity contribution < 1.29 is 4.79 Å². The van der Waals surface area contributed by atoms with Gasteiger partial charge in [-0.25, -0.2) is 0 Å². The smallest absolute Gasteiger partial charge is 0.251 e. The summed E-state index contributed by atoms with van der Waals surface area (Å²) in [6, 6.07) is 7.73. The molecule has 0 radical (unpaired) electrons. The Kier molecular flexibility index (Phi) is 13.0. The fraction of sp³-hybridized carbons (Fsp3) is 0.529. The Morgan fingerprint density at radius 1 is 1.21 bits per heavy atom. The fourth-order valence-corrected chi connectivity index (χ4v) is 2.09. The third-order valence-corrected chi connectivity index (χ3v) is 3.87. The predicted molar refractivity (Wildman–Crippen MR) is 115 cm³/mol. The molecule has 1 unspecified atom stereocenters. The van der Waals surface area contributed by atoms with Crippen LogP contribution < -0.4 is 16.0 Å². The molecular formula is C17H28BrIN4O. The number of aliphatic imine (C=N–C) groups is 1. The zero-order valence-electron chi connectivity index (χ0n) is 14.6. The van der Waals surface area contributed by atoms with Crippen LogP contribution >= 0.6 is 39.9 Å². The summed E-state index contributed by atoms with van der Waals surface area (Å²) in [5.74, 6) is 0.784. The minimum atomic E-state index is -0.0499. The summed E-state index contributed by atoms with van der Waals surface area (Å²) < 4.78 is 0.966. The fourth-order valence-electron chi connectivity index (χ4n) is 1.83. The van der Waals surface area contributed by atoms with E-state index in [1.165, 1.54) is 0 Å². The van der Waals surface area contributed by atoms with Gasteiger partial charge in [-0.15, -0.1) is 24.0 Å². The van der Waals surface area contributed by atoms with Gasteiger partial charge in [-0.2, -0.15) is 0 Å². The number of nitrogens with one attached hydrogen (secondary N) is 3. The molecule has 136 valence electrons. The van der Waals surface area contributed by atoms with E-state index in [2.05, 4.69) is 50.7 Å². The maximum absolute atomic E-state index is 12.0. The summed E-state index contributed by atoms with van der Waals surface area (Å²) in [5, 5.41) is 9.48. The lowest BCUT2D eigenvalue weighted by Crippen LogP contribution is -2.42. The van der Waals surface area contributed by atoms with Crippen molar-refractivity contribution in [2.75, 3.05) is 19.6 Å². The highest BCUT2D eigenvalue weighted by Gasteiger charge is 2.04. The van der Waals surface area contributed by atoms with Crippen LogP contribution in [0.1, 0.15) is 44.0 Å². The number of guanidine groups is 1. The van der Waals surface area contributed by atoms with Gasteiger partial charge in [0.05, 0.1) is 0 Å². The summed E-state index contributed by atoms with van der Waals surface area (Å²) in [5.41, 5.74) is 0.670. The summed E-state index contributed by atoms with van der Waals surface area (Å²) in [6.45, 7) is 8.44. The Bertz CT molecular complexity index is 508. The summed E-state index contributed by atoms with van der Waals surface area (Å²) in [4.78, 5) is 16.5. The van der Waals surface area contributed by atoms with Crippen molar-refractivity contribution in [2.24, 2.45) is 4.99 Å². The first-order valence-corrected chi connectivity index (χ1v) is 8.94. The van der Waals surface area contributed by atoms with Gasteiger partial charge in [0.1, 0.15) is 0 Å². The van der Waals surface area contributed by atoms with Crippen molar-refractivity contribution in [1.29, 1.82) is 0 Å². The van der Waals surface area contributed by atoms with Crippen molar-refractivity contribution in [1.82, 2.24) is 16.0 Å². The van der Waals surface area contributed by atoms with Gasteiger partial charge in [0.2, 0.25) is 0 Å². The first-order chi connectivity index (χ1) is 11.1. The number of halogens is 2. The number of rotatable bonds is 8. The highest BCUT2D eigenvalue weighted by molar-refractivity contribution is 14.0. The molecule has 0 bridgehead atoms. The average molecular weight is 511 g/mol. The monoisotopic (exact) mass is 510 g/mol. The summed E-state index contributed by atoms with van der Waals surface area (Å²) in [6.07, 6.45) is 1.85. The van der Waals surface area contributed by atoms with E-state index in [1.54, 1.807) is 12.1 Å². The number of hydrogen-bond donors (Lipinski definition) is 3. The zero-order chi connectivity index (χ0) is 17.1. The van der Waals surface area contributed by atoms with E-state index in [9.17, 15) is 4.79 Å². The maximum atomic E-state index is 12.0. The lowest BCUT2D eigenvalue weighted by atomic mass is 10.2. The van der Waals surface area contributed by atoms with Crippen molar-refractivity contribution in [3.05, 3.63) is 34.3 Å². The van der Waals surface area contributed by atoms with Crippen molar-refractivity contribution in [3.8, 4) is 0 Å². The second-order valence-electron chi connectivity index (χ2n) is 5.33. The molecule has 0 aliphatic carbocycles. The average Bonchev–Trinajstić information content (AvgIpc) is 2.54. The minimum Gasteiger partial charge on any atom is -0.357 e. The Labute approximate surface area is 170 Å². The van der Waals surface area contributed by atoms with Crippen LogP contribution in [0, 0.1) is 0 Å². The van der Waals surface area contributed by atoms with E-state index in [4.69, 9.17) is 0 Å². The van der Waals surface area contributed by atoms with Gasteiger partial charge in [0, 0.05) is 35.7 Å². The number of carbonyl (C=O) groups excluding carboxylic acids is 1. The molecule has 3 N–H and O–H groups in total. The number of hydrogen-bond acceptors (Lipinski definition) is 2. The van der Waals surface area contributed by atoms with Gasteiger partial charge in [-0.1, -0.05) is 22.9 Å². The molecule has 0 saturated carbocycles. The number of amides is 1. The van der Waals surface area contributed by atoms with E-state index in [1.807, 2.05) is 19.1 Å². The SMILES string of the molecule is CCNC(=NCCCNC(=O)c1ccc(Br)cc1)NC(C)CC.I. The quantitative estimate of drug-likeness (QED) is 0.217. The van der Waals surface area contributed by atoms with Gasteiger partial charge in [0.15, 0.2) is 5.96 Å². The van der Waals surface area contributed by atoms with Crippen molar-refractivity contribution >= 4 is 51.8 Å². The lowest BCUT2D eigenvalue weighted by Gasteiger charge is -2.16. The van der Waals surface area contributed by atoms with Gasteiger partial charge in [-0.05, 0) is 51.0 Å². The van der Waals surface area contributed by atoms with Crippen LogP contribution in [0.25, 0.3) is 0 Å². The predicted octanol–water partition coefficient (Wildman–Crippen LogP) is 3.54. The van der Waals surface area contributed by atoms with Crippen LogP contribution in [-0.2, 0) is 0 Å². The van der Waals surface area contributed by atoms with Gasteiger partial charge < -0.3 is 16.0 Å². The molecule has 7 heteroatoms. The first kappa shape index (κ1) is 23.2. The van der Waals surface area contributed by atoms with Crippen LogP contribution in [0.5, 0.6) is 0 Å². The van der Waals surface area contributed by atoms with Crippen LogP contribution in [-0.4, -0.2) is 37.5 Å². The van der Waals surface area contributed by atoms with Gasteiger partial charge in [0.25, 0.3) is 5.91 Å². The molecule has 0 aliphatic heterocycles. The molecule has 0 saturated heterocycles. The van der Waals surface area contributed by atoms with Gasteiger partial charge >= 0.3 is 0 Å². The topological polar surface area (TPSA) is 65.5 Å². The maximum Gasteiger partial charge on any atom is 0.251 e. The van der Waals surface area contributed by atoms with Crippen LogP contribution in [0.4, 0.5) is 0 Å². The largest absolute Gasteiger partial charge is 0.357 e. The molecule has 0 aromatic heterocycles. The normalized spacial score (nSPS) is 12.1. The lowest BCUT2D eigenvalue weighted by molar-refractivity contribution is 0.0953. The molecule has 5 nitrogen and oxygen atoms in total. The molecule has 1 aromatic carbocycles. The van der Waals surface area contributed by atoms with E-state index in [0.717, 1.165) is 29.8 Å². The summed E-state index contributed by atoms with van der Waals surface area (Å²) >= 11 is 3.36. The van der Waals surface area contributed by atoms with E-state index >= 15 is 0 Å². The molecule has 0 aliphatic rings. The molecule has 0 spiro atoms. The molecule has 1 rings (SSSR count). The zero-order valence-corrected chi connectivity index (χ0v) is 18.5. The Morgan fingerprint density at radius 2 is 1.88 bits per heavy atom. The standard InChI is InChI=1S/C17H27BrN4O.HI/c1-4-13(3)22-17(19-5-2)21-12-6-11-20-16(23)14-7-9-15(18)10-8-14;/h7-10,13H,4-6,11-12H2,1-3H3,(H,20,23)(H2,19,21,22);1H. The number of carbonyl (C=O) groups is 1.